The molecule has 0 heterocycles. The minimum absolute atomic E-state index is 0.203. The number of esters is 1. The summed E-state index contributed by atoms with van der Waals surface area (Å²) in [5.41, 5.74) is -0.332. The van der Waals surface area contributed by atoms with Gasteiger partial charge in [0, 0.05) is 6.42 Å². The molecular weight excluding hydrogens is 369 g/mol. The van der Waals surface area contributed by atoms with E-state index in [1.165, 1.54) is 26.8 Å². The SMILES string of the molecule is CNCCC1=CC=C(O)C(O)(OC(OC(=O)C(C)(C)C)OP(=O)(O)O)C1. The van der Waals surface area contributed by atoms with Gasteiger partial charge in [0.2, 0.25) is 5.79 Å². The van der Waals surface area contributed by atoms with Gasteiger partial charge in [-0.15, -0.1) is 0 Å². The first-order valence-electron chi connectivity index (χ1n) is 7.86. The van der Waals surface area contributed by atoms with Gasteiger partial charge in [-0.1, -0.05) is 11.6 Å². The first-order valence-corrected chi connectivity index (χ1v) is 9.39. The second-order valence-electron chi connectivity index (χ2n) is 6.85. The van der Waals surface area contributed by atoms with E-state index in [2.05, 4.69) is 9.84 Å². The van der Waals surface area contributed by atoms with Crippen LogP contribution in [0.4, 0.5) is 0 Å². The van der Waals surface area contributed by atoms with E-state index in [-0.39, 0.29) is 6.42 Å². The molecule has 0 aromatic carbocycles. The zero-order valence-electron chi connectivity index (χ0n) is 15.1. The van der Waals surface area contributed by atoms with Crippen LogP contribution in [-0.4, -0.2) is 51.8 Å². The summed E-state index contributed by atoms with van der Waals surface area (Å²) in [6.07, 6.45) is 3.10. The van der Waals surface area contributed by atoms with E-state index >= 15 is 0 Å². The summed E-state index contributed by atoms with van der Waals surface area (Å²) in [6, 6.07) is 0. The second-order valence-corrected chi connectivity index (χ2v) is 8.04. The number of phosphoric ester groups is 1. The predicted molar refractivity (Wildman–Crippen MR) is 90.5 cm³/mol. The number of ether oxygens (including phenoxy) is 2. The van der Waals surface area contributed by atoms with Gasteiger partial charge in [0.05, 0.1) is 5.41 Å². The third-order valence-corrected chi connectivity index (χ3v) is 3.82. The van der Waals surface area contributed by atoms with Gasteiger partial charge in [0.1, 0.15) is 0 Å². The molecule has 150 valence electrons. The normalized spacial score (nSPS) is 22.4. The highest BCUT2D eigenvalue weighted by molar-refractivity contribution is 7.46. The van der Waals surface area contributed by atoms with Crippen LogP contribution in [0.5, 0.6) is 0 Å². The number of carbonyl (C=O) groups is 1. The van der Waals surface area contributed by atoms with Crippen molar-refractivity contribution in [2.45, 2.75) is 45.9 Å². The highest BCUT2D eigenvalue weighted by Crippen LogP contribution is 2.41. The summed E-state index contributed by atoms with van der Waals surface area (Å²) in [4.78, 5) is 30.0. The van der Waals surface area contributed by atoms with Crippen molar-refractivity contribution in [2.24, 2.45) is 5.41 Å². The molecule has 0 fully saturated rings. The van der Waals surface area contributed by atoms with Crippen molar-refractivity contribution in [2.75, 3.05) is 13.6 Å². The molecule has 1 rings (SSSR count). The van der Waals surface area contributed by atoms with Gasteiger partial charge in [-0.05, 0) is 46.9 Å². The summed E-state index contributed by atoms with van der Waals surface area (Å²) >= 11 is 0. The van der Waals surface area contributed by atoms with Crippen molar-refractivity contribution in [3.05, 3.63) is 23.5 Å². The standard InChI is InChI=1S/C15H26NO9P/c1-14(2,3)12(18)23-13(25-26(20,21)22)24-15(19)9-10(7-8-16-4)5-6-11(15)17/h5-6,13,16-17,19H,7-9H2,1-4H3,(H2,20,21,22). The van der Waals surface area contributed by atoms with E-state index in [9.17, 15) is 19.6 Å². The molecule has 26 heavy (non-hydrogen) atoms. The summed E-state index contributed by atoms with van der Waals surface area (Å²) in [6.45, 7) is 2.89. The second kappa shape index (κ2) is 8.62. The average molecular weight is 395 g/mol. The Labute approximate surface area is 151 Å². The number of hydrogen-bond donors (Lipinski definition) is 5. The van der Waals surface area contributed by atoms with Crippen LogP contribution >= 0.6 is 7.82 Å². The molecule has 0 aromatic heterocycles. The van der Waals surface area contributed by atoms with E-state index in [1.807, 2.05) is 0 Å². The van der Waals surface area contributed by atoms with E-state index < -0.39 is 37.2 Å². The maximum atomic E-state index is 12.0. The number of rotatable bonds is 8. The van der Waals surface area contributed by atoms with Gasteiger partial charge < -0.3 is 30.1 Å². The molecule has 2 unspecified atom stereocenters. The van der Waals surface area contributed by atoms with Crippen molar-refractivity contribution >= 4 is 13.8 Å². The molecule has 0 aromatic rings. The molecule has 0 saturated heterocycles. The van der Waals surface area contributed by atoms with Gasteiger partial charge in [-0.25, -0.2) is 9.09 Å². The van der Waals surface area contributed by atoms with Crippen LogP contribution in [0.15, 0.2) is 23.5 Å². The molecule has 0 spiro atoms. The van der Waals surface area contributed by atoms with E-state index in [4.69, 9.17) is 19.3 Å². The lowest BCUT2D eigenvalue weighted by Crippen LogP contribution is -2.43. The van der Waals surface area contributed by atoms with Crippen LogP contribution in [0.3, 0.4) is 0 Å². The quantitative estimate of drug-likeness (QED) is 0.229. The molecule has 1 aliphatic rings. The summed E-state index contributed by atoms with van der Waals surface area (Å²) in [7, 11) is -3.37. The molecule has 5 N–H and O–H groups in total. The average Bonchev–Trinajstić information content (AvgIpc) is 2.45. The fourth-order valence-electron chi connectivity index (χ4n) is 1.95. The first-order chi connectivity index (χ1) is 11.8. The number of nitrogens with one attached hydrogen (secondary N) is 1. The van der Waals surface area contributed by atoms with Gasteiger partial charge in [0.25, 0.3) is 0 Å². The maximum absolute atomic E-state index is 12.0. The van der Waals surface area contributed by atoms with Crippen LogP contribution in [0.25, 0.3) is 0 Å². The molecule has 0 radical (unpaired) electrons. The predicted octanol–water partition coefficient (Wildman–Crippen LogP) is 1.06. The Morgan fingerprint density at radius 1 is 1.38 bits per heavy atom. The third kappa shape index (κ3) is 7.16. The molecule has 0 aliphatic heterocycles. The summed E-state index contributed by atoms with van der Waals surface area (Å²) in [5.74, 6) is -3.86. The van der Waals surface area contributed by atoms with E-state index in [1.54, 1.807) is 13.1 Å². The molecule has 10 nitrogen and oxygen atoms in total. The largest absolute Gasteiger partial charge is 0.507 e. The molecule has 1 aliphatic carbocycles. The first kappa shape index (κ1) is 22.8. The molecule has 0 saturated carbocycles. The summed E-state index contributed by atoms with van der Waals surface area (Å²) < 4.78 is 25.3. The Morgan fingerprint density at radius 3 is 2.50 bits per heavy atom. The lowest BCUT2D eigenvalue weighted by molar-refractivity contribution is -0.335. The minimum Gasteiger partial charge on any atom is -0.507 e. The van der Waals surface area contributed by atoms with Crippen molar-refractivity contribution in [1.82, 2.24) is 5.32 Å². The number of carbonyl (C=O) groups excluding carboxylic acids is 1. The number of allylic oxidation sites excluding steroid dienone is 2. The van der Waals surface area contributed by atoms with Crippen molar-refractivity contribution < 1.29 is 43.4 Å². The lowest BCUT2D eigenvalue weighted by Gasteiger charge is -2.34. The number of aliphatic hydroxyl groups excluding tert-OH is 1. The zero-order chi connectivity index (χ0) is 20.2. The molecule has 2 atom stereocenters. The van der Waals surface area contributed by atoms with Crippen LogP contribution in [0.2, 0.25) is 0 Å². The van der Waals surface area contributed by atoms with Crippen molar-refractivity contribution in [1.29, 1.82) is 0 Å². The topological polar surface area (TPSA) is 155 Å². The number of phosphoric acid groups is 1. The van der Waals surface area contributed by atoms with Gasteiger partial charge in [-0.2, -0.15) is 0 Å². The molecule has 0 amide bonds. The van der Waals surface area contributed by atoms with E-state index in [0.29, 0.717) is 18.5 Å². The van der Waals surface area contributed by atoms with Crippen LogP contribution < -0.4 is 5.32 Å². The maximum Gasteiger partial charge on any atom is 0.474 e. The smallest absolute Gasteiger partial charge is 0.474 e. The highest BCUT2D eigenvalue weighted by atomic mass is 31.2. The van der Waals surface area contributed by atoms with Crippen LogP contribution in [0.1, 0.15) is 33.6 Å². The Morgan fingerprint density at radius 2 is 2.00 bits per heavy atom. The third-order valence-electron chi connectivity index (χ3n) is 3.37. The summed E-state index contributed by atoms with van der Waals surface area (Å²) in [5, 5.41) is 23.4. The number of aliphatic hydroxyl groups is 2. The Hall–Kier alpha value is -1.26. The van der Waals surface area contributed by atoms with Crippen molar-refractivity contribution in [3.8, 4) is 0 Å². The van der Waals surface area contributed by atoms with Gasteiger partial charge in [-0.3, -0.25) is 9.53 Å². The minimum atomic E-state index is -5.12. The van der Waals surface area contributed by atoms with E-state index in [0.717, 1.165) is 0 Å². The molecule has 0 bridgehead atoms. The van der Waals surface area contributed by atoms with Gasteiger partial charge in [0.15, 0.2) is 5.76 Å². The fourth-order valence-corrected chi connectivity index (χ4v) is 2.26. The highest BCUT2D eigenvalue weighted by Gasteiger charge is 2.42. The fraction of sp³-hybridized carbons (Fsp3) is 0.667. The lowest BCUT2D eigenvalue weighted by atomic mass is 9.95. The number of hydrogen-bond acceptors (Lipinski definition) is 8. The van der Waals surface area contributed by atoms with Gasteiger partial charge >= 0.3 is 20.3 Å². The van der Waals surface area contributed by atoms with Crippen LogP contribution in [0, 0.1) is 5.41 Å². The monoisotopic (exact) mass is 395 g/mol. The Bertz CT molecular complexity index is 619. The molecular formula is C15H26NO9P. The zero-order valence-corrected chi connectivity index (χ0v) is 16.0. The van der Waals surface area contributed by atoms with Crippen molar-refractivity contribution in [3.63, 3.8) is 0 Å². The Balaban J connectivity index is 2.98. The molecule has 11 heteroatoms. The Kier molecular flexibility index (Phi) is 7.55. The van der Waals surface area contributed by atoms with Crippen LogP contribution in [-0.2, 0) is 23.4 Å².